The van der Waals surface area contributed by atoms with E-state index in [1.54, 1.807) is 11.9 Å². The molecule has 0 bridgehead atoms. The van der Waals surface area contributed by atoms with Crippen LogP contribution in [0.5, 0.6) is 0 Å². The van der Waals surface area contributed by atoms with Crippen LogP contribution < -0.4 is 10.6 Å². The molecule has 1 aliphatic rings. The molecule has 0 aromatic heterocycles. The van der Waals surface area contributed by atoms with E-state index in [4.69, 9.17) is 0 Å². The lowest BCUT2D eigenvalue weighted by Crippen LogP contribution is -2.48. The van der Waals surface area contributed by atoms with Gasteiger partial charge in [-0.3, -0.25) is 14.4 Å². The number of hydrogen-bond acceptors (Lipinski definition) is 3. The summed E-state index contributed by atoms with van der Waals surface area (Å²) in [6, 6.07) is 8.98. The van der Waals surface area contributed by atoms with Crippen LogP contribution in [-0.4, -0.2) is 48.8 Å². The number of nitrogens with zero attached hydrogens (tertiary/aromatic N) is 1. The molecule has 3 amide bonds. The normalized spacial score (nSPS) is 18.3. The molecule has 124 valence electrons. The highest BCUT2D eigenvalue weighted by Crippen LogP contribution is 2.18. The van der Waals surface area contributed by atoms with E-state index in [0.717, 1.165) is 5.56 Å². The summed E-state index contributed by atoms with van der Waals surface area (Å²) in [5.41, 5.74) is 0.988. The maximum Gasteiger partial charge on any atom is 0.245 e. The molecule has 2 N–H and O–H groups in total. The highest BCUT2D eigenvalue weighted by Gasteiger charge is 2.34. The molecular weight excluding hydrogens is 294 g/mol. The lowest BCUT2D eigenvalue weighted by Gasteiger charge is -2.24. The zero-order valence-electron chi connectivity index (χ0n) is 13.5. The molecule has 2 atom stereocenters. The van der Waals surface area contributed by atoms with Gasteiger partial charge in [0.05, 0.1) is 5.92 Å². The summed E-state index contributed by atoms with van der Waals surface area (Å²) < 4.78 is 0. The first-order valence-corrected chi connectivity index (χ1v) is 7.82. The molecule has 1 saturated heterocycles. The maximum absolute atomic E-state index is 12.7. The average molecular weight is 317 g/mol. The zero-order valence-corrected chi connectivity index (χ0v) is 13.5. The first kappa shape index (κ1) is 17.0. The van der Waals surface area contributed by atoms with Crippen molar-refractivity contribution in [1.29, 1.82) is 0 Å². The summed E-state index contributed by atoms with van der Waals surface area (Å²) in [6.45, 7) is 2.35. The zero-order chi connectivity index (χ0) is 16.8. The lowest BCUT2D eigenvalue weighted by molar-refractivity contribution is -0.135. The van der Waals surface area contributed by atoms with Gasteiger partial charge in [-0.05, 0) is 12.0 Å². The Morgan fingerprint density at radius 2 is 1.96 bits per heavy atom. The SMILES string of the molecule is CNC(=O)C1CCN(C(=O)[C@H](Cc2ccccc2)NC(C)=O)C1. The monoisotopic (exact) mass is 317 g/mol. The van der Waals surface area contributed by atoms with Gasteiger partial charge in [0.25, 0.3) is 0 Å². The van der Waals surface area contributed by atoms with E-state index in [-0.39, 0.29) is 23.6 Å². The Morgan fingerprint density at radius 3 is 2.57 bits per heavy atom. The number of hydrogen-bond donors (Lipinski definition) is 2. The van der Waals surface area contributed by atoms with Crippen LogP contribution in [-0.2, 0) is 20.8 Å². The second-order valence-electron chi connectivity index (χ2n) is 5.83. The molecule has 2 rings (SSSR count). The van der Waals surface area contributed by atoms with Crippen molar-refractivity contribution in [3.8, 4) is 0 Å². The van der Waals surface area contributed by atoms with Crippen LogP contribution in [0.15, 0.2) is 30.3 Å². The summed E-state index contributed by atoms with van der Waals surface area (Å²) in [7, 11) is 1.60. The predicted octanol–water partition coefficient (Wildman–Crippen LogP) is 0.328. The number of rotatable bonds is 5. The molecule has 0 saturated carbocycles. The van der Waals surface area contributed by atoms with Crippen LogP contribution in [0.3, 0.4) is 0 Å². The molecule has 23 heavy (non-hydrogen) atoms. The van der Waals surface area contributed by atoms with Crippen molar-refractivity contribution in [2.75, 3.05) is 20.1 Å². The molecule has 6 heteroatoms. The first-order valence-electron chi connectivity index (χ1n) is 7.82. The average Bonchev–Trinajstić information content (AvgIpc) is 3.03. The van der Waals surface area contributed by atoms with Crippen LogP contribution in [0, 0.1) is 5.92 Å². The Labute approximate surface area is 136 Å². The van der Waals surface area contributed by atoms with E-state index in [1.807, 2.05) is 30.3 Å². The molecule has 0 aliphatic carbocycles. The van der Waals surface area contributed by atoms with Gasteiger partial charge in [-0.15, -0.1) is 0 Å². The molecule has 1 aliphatic heterocycles. The molecular formula is C17H23N3O3. The van der Waals surface area contributed by atoms with Gasteiger partial charge in [-0.1, -0.05) is 30.3 Å². The lowest BCUT2D eigenvalue weighted by atomic mass is 10.0. The molecule has 1 unspecified atom stereocenters. The van der Waals surface area contributed by atoms with Crippen molar-refractivity contribution in [2.24, 2.45) is 5.92 Å². The van der Waals surface area contributed by atoms with Gasteiger partial charge in [0, 0.05) is 33.5 Å². The smallest absolute Gasteiger partial charge is 0.245 e. The highest BCUT2D eigenvalue weighted by atomic mass is 16.2. The molecule has 1 heterocycles. The largest absolute Gasteiger partial charge is 0.359 e. The fourth-order valence-corrected chi connectivity index (χ4v) is 2.89. The molecule has 1 aromatic rings. The van der Waals surface area contributed by atoms with Crippen LogP contribution >= 0.6 is 0 Å². The maximum atomic E-state index is 12.7. The number of likely N-dealkylation sites (tertiary alicyclic amines) is 1. The third kappa shape index (κ3) is 4.55. The number of amides is 3. The predicted molar refractivity (Wildman–Crippen MR) is 86.5 cm³/mol. The summed E-state index contributed by atoms with van der Waals surface area (Å²) in [6.07, 6.45) is 1.10. The topological polar surface area (TPSA) is 78.5 Å². The van der Waals surface area contributed by atoms with E-state index >= 15 is 0 Å². The van der Waals surface area contributed by atoms with Crippen molar-refractivity contribution in [3.63, 3.8) is 0 Å². The minimum atomic E-state index is -0.599. The Bertz CT molecular complexity index is 574. The number of nitrogens with one attached hydrogen (secondary N) is 2. The van der Waals surface area contributed by atoms with Crippen LogP contribution in [0.2, 0.25) is 0 Å². The van der Waals surface area contributed by atoms with Crippen molar-refractivity contribution in [2.45, 2.75) is 25.8 Å². The Balaban J connectivity index is 2.05. The van der Waals surface area contributed by atoms with Crippen molar-refractivity contribution in [3.05, 3.63) is 35.9 Å². The molecule has 1 aromatic carbocycles. The summed E-state index contributed by atoms with van der Waals surface area (Å²) in [5, 5.41) is 5.35. The third-order valence-electron chi connectivity index (χ3n) is 4.08. The first-order chi connectivity index (χ1) is 11.0. The van der Waals surface area contributed by atoms with Gasteiger partial charge in [0.15, 0.2) is 0 Å². The Kier molecular flexibility index (Phi) is 5.73. The highest BCUT2D eigenvalue weighted by molar-refractivity contribution is 5.88. The van der Waals surface area contributed by atoms with Crippen molar-refractivity contribution >= 4 is 17.7 Å². The second-order valence-corrected chi connectivity index (χ2v) is 5.83. The van der Waals surface area contributed by atoms with E-state index in [0.29, 0.717) is 25.9 Å². The number of benzene rings is 1. The Morgan fingerprint density at radius 1 is 1.26 bits per heavy atom. The molecule has 1 fully saturated rings. The standard InChI is InChI=1S/C17H23N3O3/c1-12(21)19-15(10-13-6-4-3-5-7-13)17(23)20-9-8-14(11-20)16(22)18-2/h3-7,14-15H,8-11H2,1-2H3,(H,18,22)(H,19,21)/t14?,15-/m0/s1. The number of carbonyl (C=O) groups is 3. The summed E-state index contributed by atoms with van der Waals surface area (Å²) in [5.74, 6) is -0.574. The molecule has 0 radical (unpaired) electrons. The summed E-state index contributed by atoms with van der Waals surface area (Å²) >= 11 is 0. The van der Waals surface area contributed by atoms with Gasteiger partial charge in [0.2, 0.25) is 17.7 Å². The van der Waals surface area contributed by atoms with E-state index in [1.165, 1.54) is 6.92 Å². The van der Waals surface area contributed by atoms with E-state index in [9.17, 15) is 14.4 Å². The number of carbonyl (C=O) groups excluding carboxylic acids is 3. The van der Waals surface area contributed by atoms with Gasteiger partial charge in [-0.25, -0.2) is 0 Å². The minimum absolute atomic E-state index is 0.0422. The van der Waals surface area contributed by atoms with Gasteiger partial charge < -0.3 is 15.5 Å². The molecule has 0 spiro atoms. The van der Waals surface area contributed by atoms with Gasteiger partial charge in [-0.2, -0.15) is 0 Å². The quantitative estimate of drug-likeness (QED) is 0.821. The second kappa shape index (κ2) is 7.76. The van der Waals surface area contributed by atoms with Crippen LogP contribution in [0.25, 0.3) is 0 Å². The fourth-order valence-electron chi connectivity index (χ4n) is 2.89. The van der Waals surface area contributed by atoms with Crippen LogP contribution in [0.4, 0.5) is 0 Å². The fraction of sp³-hybridized carbons (Fsp3) is 0.471. The molecule has 6 nitrogen and oxygen atoms in total. The van der Waals surface area contributed by atoms with E-state index in [2.05, 4.69) is 10.6 Å². The van der Waals surface area contributed by atoms with Gasteiger partial charge >= 0.3 is 0 Å². The van der Waals surface area contributed by atoms with Crippen molar-refractivity contribution < 1.29 is 14.4 Å². The summed E-state index contributed by atoms with van der Waals surface area (Å²) in [4.78, 5) is 37.5. The Hall–Kier alpha value is -2.37. The van der Waals surface area contributed by atoms with Crippen LogP contribution in [0.1, 0.15) is 18.9 Å². The van der Waals surface area contributed by atoms with E-state index < -0.39 is 6.04 Å². The third-order valence-corrected chi connectivity index (χ3v) is 4.08. The minimum Gasteiger partial charge on any atom is -0.359 e. The van der Waals surface area contributed by atoms with Gasteiger partial charge in [0.1, 0.15) is 6.04 Å². The van der Waals surface area contributed by atoms with Crippen molar-refractivity contribution in [1.82, 2.24) is 15.5 Å².